The zero-order valence-corrected chi connectivity index (χ0v) is 11.3. The molecule has 1 aromatic rings. The number of furan rings is 1. The van der Waals surface area contributed by atoms with Crippen molar-refractivity contribution in [2.24, 2.45) is 5.92 Å². The van der Waals surface area contributed by atoms with Crippen LogP contribution in [0.2, 0.25) is 0 Å². The Morgan fingerprint density at radius 1 is 1.53 bits per heavy atom. The van der Waals surface area contributed by atoms with Gasteiger partial charge in [-0.15, -0.1) is 0 Å². The molecule has 0 aromatic carbocycles. The third-order valence-corrected chi connectivity index (χ3v) is 3.65. The largest absolute Gasteiger partial charge is 0.481 e. The fourth-order valence-electron chi connectivity index (χ4n) is 2.74. The lowest BCUT2D eigenvalue weighted by Gasteiger charge is -2.31. The number of aliphatic carboxylic acids is 1. The van der Waals surface area contributed by atoms with Gasteiger partial charge in [0.25, 0.3) is 0 Å². The number of hydrogen-bond donors (Lipinski definition) is 1. The van der Waals surface area contributed by atoms with Crippen molar-refractivity contribution in [2.45, 2.75) is 39.2 Å². The van der Waals surface area contributed by atoms with Crippen molar-refractivity contribution < 1.29 is 19.1 Å². The van der Waals surface area contributed by atoms with Crippen molar-refractivity contribution >= 4 is 11.9 Å². The second kappa shape index (κ2) is 5.47. The first kappa shape index (κ1) is 13.6. The molecule has 5 nitrogen and oxygen atoms in total. The first-order chi connectivity index (χ1) is 9.04. The Labute approximate surface area is 112 Å². The minimum Gasteiger partial charge on any atom is -0.481 e. The predicted molar refractivity (Wildman–Crippen MR) is 68.5 cm³/mol. The summed E-state index contributed by atoms with van der Waals surface area (Å²) in [4.78, 5) is 25.2. The number of nitrogens with zero attached hydrogens (tertiary/aromatic N) is 1. The maximum Gasteiger partial charge on any atom is 0.309 e. The molecule has 1 aliphatic heterocycles. The monoisotopic (exact) mass is 265 g/mol. The van der Waals surface area contributed by atoms with E-state index in [1.165, 1.54) is 0 Å². The molecule has 2 rings (SSSR count). The van der Waals surface area contributed by atoms with Gasteiger partial charge in [-0.25, -0.2) is 0 Å². The molecular weight excluding hydrogens is 246 g/mol. The topological polar surface area (TPSA) is 70.8 Å². The van der Waals surface area contributed by atoms with E-state index in [-0.39, 0.29) is 5.91 Å². The summed E-state index contributed by atoms with van der Waals surface area (Å²) in [7, 11) is 0. The zero-order valence-electron chi connectivity index (χ0n) is 11.3. The molecule has 1 amide bonds. The normalized spacial score (nSPS) is 24.3. The van der Waals surface area contributed by atoms with Gasteiger partial charge in [-0.1, -0.05) is 0 Å². The highest BCUT2D eigenvalue weighted by molar-refractivity contribution is 5.79. The molecule has 1 aromatic heterocycles. The number of rotatable bonds is 3. The number of hydrogen-bond acceptors (Lipinski definition) is 3. The molecule has 0 saturated carbocycles. The van der Waals surface area contributed by atoms with E-state index in [9.17, 15) is 14.7 Å². The van der Waals surface area contributed by atoms with Crippen LogP contribution in [0.4, 0.5) is 0 Å². The number of carboxylic acid groups (broad SMARTS) is 1. The summed E-state index contributed by atoms with van der Waals surface area (Å²) < 4.78 is 5.58. The fourth-order valence-corrected chi connectivity index (χ4v) is 2.74. The lowest BCUT2D eigenvalue weighted by Crippen LogP contribution is -2.38. The Hall–Kier alpha value is -1.78. The maximum atomic E-state index is 12.1. The van der Waals surface area contributed by atoms with Gasteiger partial charge in [-0.05, 0) is 38.8 Å². The Balaban J connectivity index is 2.43. The summed E-state index contributed by atoms with van der Waals surface area (Å²) >= 11 is 0. The van der Waals surface area contributed by atoms with Crippen LogP contribution >= 0.6 is 0 Å². The molecule has 0 radical (unpaired) electrons. The van der Waals surface area contributed by atoms with Gasteiger partial charge in [-0.2, -0.15) is 0 Å². The molecule has 0 bridgehead atoms. The fraction of sp³-hybridized carbons (Fsp3) is 0.571. The van der Waals surface area contributed by atoms with Crippen molar-refractivity contribution in [3.05, 3.63) is 23.7 Å². The highest BCUT2D eigenvalue weighted by Gasteiger charge is 2.39. The van der Waals surface area contributed by atoms with Gasteiger partial charge in [-0.3, -0.25) is 9.59 Å². The van der Waals surface area contributed by atoms with E-state index >= 15 is 0 Å². The second-order valence-electron chi connectivity index (χ2n) is 4.91. The highest BCUT2D eigenvalue weighted by Crippen LogP contribution is 2.36. The minimum absolute atomic E-state index is 0.00491. The average molecular weight is 265 g/mol. The van der Waals surface area contributed by atoms with Gasteiger partial charge in [0.1, 0.15) is 17.6 Å². The molecule has 2 heterocycles. The maximum absolute atomic E-state index is 12.1. The van der Waals surface area contributed by atoms with Crippen LogP contribution in [0.3, 0.4) is 0 Å². The van der Waals surface area contributed by atoms with Gasteiger partial charge in [0.15, 0.2) is 0 Å². The zero-order chi connectivity index (χ0) is 14.0. The van der Waals surface area contributed by atoms with E-state index in [1.807, 2.05) is 13.8 Å². The van der Waals surface area contributed by atoms with E-state index in [1.54, 1.807) is 17.0 Å². The summed E-state index contributed by atoms with van der Waals surface area (Å²) in [6, 6.07) is 3.08. The van der Waals surface area contributed by atoms with E-state index in [2.05, 4.69) is 0 Å². The van der Waals surface area contributed by atoms with E-state index in [0.717, 1.165) is 5.76 Å². The quantitative estimate of drug-likeness (QED) is 0.910. The number of aryl methyl sites for hydroxylation is 1. The Kier molecular flexibility index (Phi) is 3.93. The number of carbonyl (C=O) groups excluding carboxylic acids is 1. The Morgan fingerprint density at radius 2 is 2.26 bits per heavy atom. The Bertz CT molecular complexity index is 478. The van der Waals surface area contributed by atoms with Crippen molar-refractivity contribution in [3.8, 4) is 0 Å². The van der Waals surface area contributed by atoms with Gasteiger partial charge in [0.2, 0.25) is 5.91 Å². The van der Waals surface area contributed by atoms with E-state index in [0.29, 0.717) is 31.6 Å². The van der Waals surface area contributed by atoms with Crippen LogP contribution < -0.4 is 0 Å². The van der Waals surface area contributed by atoms with Crippen molar-refractivity contribution in [2.75, 3.05) is 6.54 Å². The van der Waals surface area contributed by atoms with Crippen molar-refractivity contribution in [1.29, 1.82) is 0 Å². The third kappa shape index (κ3) is 2.64. The third-order valence-electron chi connectivity index (χ3n) is 3.65. The Morgan fingerprint density at radius 3 is 2.79 bits per heavy atom. The van der Waals surface area contributed by atoms with E-state index in [4.69, 9.17) is 4.42 Å². The molecule has 1 aliphatic rings. The molecule has 19 heavy (non-hydrogen) atoms. The number of carbonyl (C=O) groups is 2. The molecule has 1 N–H and O–H groups in total. The smallest absolute Gasteiger partial charge is 0.309 e. The van der Waals surface area contributed by atoms with Gasteiger partial charge in [0, 0.05) is 13.0 Å². The average Bonchev–Trinajstić information content (AvgIpc) is 2.70. The molecule has 104 valence electrons. The molecule has 1 fully saturated rings. The standard InChI is InChI=1S/C14H19NO4/c1-3-15-12(16)6-4-5-10(14(17)18)13(15)11-8-7-9(2)19-11/h7-8,10,13H,3-6H2,1-2H3,(H,17,18). The first-order valence-corrected chi connectivity index (χ1v) is 6.63. The SMILES string of the molecule is CCN1C(=O)CCCC(C(=O)O)C1c1ccc(C)o1. The minimum atomic E-state index is -0.868. The first-order valence-electron chi connectivity index (χ1n) is 6.63. The summed E-state index contributed by atoms with van der Waals surface area (Å²) in [5, 5.41) is 9.42. The lowest BCUT2D eigenvalue weighted by molar-refractivity contribution is -0.146. The second-order valence-corrected chi connectivity index (χ2v) is 4.91. The summed E-state index contributed by atoms with van der Waals surface area (Å²) in [5.74, 6) is -0.164. The molecule has 0 aliphatic carbocycles. The van der Waals surface area contributed by atoms with Crippen LogP contribution in [0, 0.1) is 12.8 Å². The van der Waals surface area contributed by atoms with Gasteiger partial charge < -0.3 is 14.4 Å². The summed E-state index contributed by atoms with van der Waals surface area (Å²) in [6.07, 6.45) is 1.53. The van der Waals surface area contributed by atoms with Crippen LogP contribution in [0.15, 0.2) is 16.5 Å². The molecule has 2 atom stereocenters. The van der Waals surface area contributed by atoms with Crippen LogP contribution in [0.25, 0.3) is 0 Å². The number of amides is 1. The van der Waals surface area contributed by atoms with Gasteiger partial charge in [0.05, 0.1) is 5.92 Å². The predicted octanol–water partition coefficient (Wildman–Crippen LogP) is 2.36. The van der Waals surface area contributed by atoms with Crippen molar-refractivity contribution in [3.63, 3.8) is 0 Å². The number of carboxylic acids is 1. The summed E-state index contributed by atoms with van der Waals surface area (Å²) in [5.41, 5.74) is 0. The molecule has 0 spiro atoms. The summed E-state index contributed by atoms with van der Waals surface area (Å²) in [6.45, 7) is 4.17. The van der Waals surface area contributed by atoms with Crippen molar-refractivity contribution in [1.82, 2.24) is 4.90 Å². The lowest BCUT2D eigenvalue weighted by atomic mass is 9.93. The van der Waals surface area contributed by atoms with Crippen LogP contribution in [0.1, 0.15) is 43.7 Å². The van der Waals surface area contributed by atoms with Crippen LogP contribution in [-0.4, -0.2) is 28.4 Å². The molecule has 5 heteroatoms. The van der Waals surface area contributed by atoms with Crippen LogP contribution in [-0.2, 0) is 9.59 Å². The molecule has 1 saturated heterocycles. The van der Waals surface area contributed by atoms with Crippen LogP contribution in [0.5, 0.6) is 0 Å². The molecular formula is C14H19NO4. The molecule has 2 unspecified atom stereocenters. The van der Waals surface area contributed by atoms with E-state index < -0.39 is 17.9 Å². The number of likely N-dealkylation sites (tertiary alicyclic amines) is 1. The van der Waals surface area contributed by atoms with Gasteiger partial charge >= 0.3 is 5.97 Å². The highest BCUT2D eigenvalue weighted by atomic mass is 16.4.